The fourth-order valence-electron chi connectivity index (χ4n) is 2.38. The largest absolute Gasteiger partial charge is 0.490 e. The summed E-state index contributed by atoms with van der Waals surface area (Å²) in [5, 5.41) is 0. The van der Waals surface area contributed by atoms with E-state index in [-0.39, 0.29) is 24.6 Å². The normalized spacial score (nSPS) is 13.3. The molecule has 0 saturated heterocycles. The van der Waals surface area contributed by atoms with Crippen molar-refractivity contribution in [3.05, 3.63) is 24.3 Å². The Morgan fingerprint density at radius 1 is 1.00 bits per heavy atom. The topological polar surface area (TPSA) is 38.8 Å². The molecule has 0 bridgehead atoms. The van der Waals surface area contributed by atoms with Crippen LogP contribution in [0.25, 0.3) is 0 Å². The van der Waals surface area contributed by atoms with E-state index < -0.39 is 0 Å². The summed E-state index contributed by atoms with van der Waals surface area (Å²) in [6.45, 7) is 10.9. The zero-order valence-corrected chi connectivity index (χ0v) is 14.5. The van der Waals surface area contributed by atoms with Gasteiger partial charge in [0.25, 0.3) is 5.91 Å². The number of rotatable bonds is 9. The monoisotopic (exact) mass is 307 g/mol. The van der Waals surface area contributed by atoms with Gasteiger partial charge in [-0.05, 0) is 45.7 Å². The van der Waals surface area contributed by atoms with Gasteiger partial charge >= 0.3 is 0 Å². The third-order valence-corrected chi connectivity index (χ3v) is 3.92. The highest BCUT2D eigenvalue weighted by molar-refractivity contribution is 5.78. The molecule has 0 fully saturated rings. The average Bonchev–Trinajstić information content (AvgIpc) is 2.54. The van der Waals surface area contributed by atoms with E-state index in [0.29, 0.717) is 18.1 Å². The molecular weight excluding hydrogens is 278 g/mol. The molecule has 0 aromatic heterocycles. The lowest BCUT2D eigenvalue weighted by Crippen LogP contribution is -2.46. The molecule has 2 atom stereocenters. The Labute approximate surface area is 134 Å². The van der Waals surface area contributed by atoms with E-state index in [2.05, 4.69) is 27.7 Å². The number of ether oxygens (including phenoxy) is 2. The van der Waals surface area contributed by atoms with Crippen molar-refractivity contribution in [2.45, 2.75) is 59.5 Å². The first-order valence-corrected chi connectivity index (χ1v) is 8.20. The molecule has 0 saturated carbocycles. The maximum atomic E-state index is 12.5. The standard InChI is InChI=1S/C18H29NO3/c1-6-14(4)19(15(5)7-2)18(20)13-22-17-12-10-9-11-16(17)21-8-3/h9-12,14-15H,6-8,13H2,1-5H3. The van der Waals surface area contributed by atoms with Crippen LogP contribution in [0.4, 0.5) is 0 Å². The van der Waals surface area contributed by atoms with Crippen molar-refractivity contribution in [3.8, 4) is 11.5 Å². The van der Waals surface area contributed by atoms with Crippen molar-refractivity contribution in [1.82, 2.24) is 4.90 Å². The number of benzene rings is 1. The lowest BCUT2D eigenvalue weighted by Gasteiger charge is -2.34. The second kappa shape index (κ2) is 9.34. The van der Waals surface area contributed by atoms with Crippen LogP contribution < -0.4 is 9.47 Å². The smallest absolute Gasteiger partial charge is 0.260 e. The van der Waals surface area contributed by atoms with E-state index in [1.165, 1.54) is 0 Å². The predicted octanol–water partition coefficient (Wildman–Crippen LogP) is 3.89. The highest BCUT2D eigenvalue weighted by Crippen LogP contribution is 2.26. The van der Waals surface area contributed by atoms with Gasteiger partial charge in [-0.25, -0.2) is 0 Å². The zero-order chi connectivity index (χ0) is 16.5. The molecule has 4 heteroatoms. The molecule has 4 nitrogen and oxygen atoms in total. The first-order chi connectivity index (χ1) is 10.5. The van der Waals surface area contributed by atoms with Crippen molar-refractivity contribution in [3.63, 3.8) is 0 Å². The second-order valence-corrected chi connectivity index (χ2v) is 5.48. The van der Waals surface area contributed by atoms with Crippen LogP contribution in [-0.4, -0.2) is 36.1 Å². The van der Waals surface area contributed by atoms with Crippen LogP contribution in [-0.2, 0) is 4.79 Å². The maximum Gasteiger partial charge on any atom is 0.260 e. The summed E-state index contributed by atoms with van der Waals surface area (Å²) in [6.07, 6.45) is 1.87. The molecule has 2 unspecified atom stereocenters. The molecule has 0 aliphatic heterocycles. The summed E-state index contributed by atoms with van der Waals surface area (Å²) in [7, 11) is 0. The second-order valence-electron chi connectivity index (χ2n) is 5.48. The molecule has 124 valence electrons. The van der Waals surface area contributed by atoms with E-state index in [0.717, 1.165) is 12.8 Å². The SMILES string of the molecule is CCOc1ccccc1OCC(=O)N(C(C)CC)C(C)CC. The third-order valence-electron chi connectivity index (χ3n) is 3.92. The first kappa shape index (κ1) is 18.3. The highest BCUT2D eigenvalue weighted by Gasteiger charge is 2.24. The number of hydrogen-bond acceptors (Lipinski definition) is 3. The van der Waals surface area contributed by atoms with Gasteiger partial charge < -0.3 is 14.4 Å². The summed E-state index contributed by atoms with van der Waals surface area (Å²) in [5.74, 6) is 1.32. The molecule has 0 aliphatic rings. The Balaban J connectivity index is 2.74. The summed E-state index contributed by atoms with van der Waals surface area (Å²) < 4.78 is 11.2. The Morgan fingerprint density at radius 2 is 1.50 bits per heavy atom. The molecule has 0 spiro atoms. The van der Waals surface area contributed by atoms with Crippen LogP contribution in [0, 0.1) is 0 Å². The van der Waals surface area contributed by atoms with Gasteiger partial charge in [0.2, 0.25) is 0 Å². The van der Waals surface area contributed by atoms with Gasteiger partial charge in [0.15, 0.2) is 18.1 Å². The number of amides is 1. The van der Waals surface area contributed by atoms with Gasteiger partial charge in [-0.15, -0.1) is 0 Å². The lowest BCUT2D eigenvalue weighted by atomic mass is 10.1. The molecule has 1 aromatic rings. The van der Waals surface area contributed by atoms with Gasteiger partial charge in [0.1, 0.15) is 0 Å². The van der Waals surface area contributed by atoms with E-state index in [4.69, 9.17) is 9.47 Å². The van der Waals surface area contributed by atoms with Crippen LogP contribution in [0.2, 0.25) is 0 Å². The maximum absolute atomic E-state index is 12.5. The molecule has 1 amide bonds. The minimum Gasteiger partial charge on any atom is -0.490 e. The molecular formula is C18H29NO3. The predicted molar refractivity (Wildman–Crippen MR) is 89.5 cm³/mol. The highest BCUT2D eigenvalue weighted by atomic mass is 16.5. The fourth-order valence-corrected chi connectivity index (χ4v) is 2.38. The molecule has 0 N–H and O–H groups in total. The lowest BCUT2D eigenvalue weighted by molar-refractivity contribution is -0.137. The van der Waals surface area contributed by atoms with E-state index in [1.54, 1.807) is 0 Å². The van der Waals surface area contributed by atoms with E-state index in [9.17, 15) is 4.79 Å². The number of carbonyl (C=O) groups excluding carboxylic acids is 1. The first-order valence-electron chi connectivity index (χ1n) is 8.20. The number of nitrogens with zero attached hydrogens (tertiary/aromatic N) is 1. The molecule has 22 heavy (non-hydrogen) atoms. The summed E-state index contributed by atoms with van der Waals surface area (Å²) in [5.41, 5.74) is 0. The summed E-state index contributed by atoms with van der Waals surface area (Å²) in [6, 6.07) is 7.88. The number of hydrogen-bond donors (Lipinski definition) is 0. The molecule has 0 aliphatic carbocycles. The van der Waals surface area contributed by atoms with Crippen molar-refractivity contribution < 1.29 is 14.3 Å². The van der Waals surface area contributed by atoms with Gasteiger partial charge in [0.05, 0.1) is 6.61 Å². The van der Waals surface area contributed by atoms with Crippen LogP contribution >= 0.6 is 0 Å². The minimum atomic E-state index is 0.0231. The third kappa shape index (κ3) is 4.93. The summed E-state index contributed by atoms with van der Waals surface area (Å²) >= 11 is 0. The van der Waals surface area contributed by atoms with Crippen LogP contribution in [0.3, 0.4) is 0 Å². The van der Waals surface area contributed by atoms with Crippen molar-refractivity contribution in [2.75, 3.05) is 13.2 Å². The van der Waals surface area contributed by atoms with Crippen LogP contribution in [0.1, 0.15) is 47.5 Å². The Morgan fingerprint density at radius 3 is 1.95 bits per heavy atom. The van der Waals surface area contributed by atoms with Crippen molar-refractivity contribution >= 4 is 5.91 Å². The van der Waals surface area contributed by atoms with E-state index >= 15 is 0 Å². The van der Waals surface area contributed by atoms with Gasteiger partial charge in [-0.1, -0.05) is 26.0 Å². The van der Waals surface area contributed by atoms with Gasteiger partial charge in [0, 0.05) is 12.1 Å². The molecule has 0 heterocycles. The average molecular weight is 307 g/mol. The zero-order valence-electron chi connectivity index (χ0n) is 14.5. The van der Waals surface area contributed by atoms with Crippen molar-refractivity contribution in [2.24, 2.45) is 0 Å². The minimum absolute atomic E-state index is 0.0231. The van der Waals surface area contributed by atoms with Crippen molar-refractivity contribution in [1.29, 1.82) is 0 Å². The van der Waals surface area contributed by atoms with Gasteiger partial charge in [-0.2, -0.15) is 0 Å². The Hall–Kier alpha value is -1.71. The molecule has 1 aromatic carbocycles. The quantitative estimate of drug-likeness (QED) is 0.695. The van der Waals surface area contributed by atoms with Crippen LogP contribution in [0.5, 0.6) is 11.5 Å². The molecule has 0 radical (unpaired) electrons. The Kier molecular flexibility index (Phi) is 7.78. The van der Waals surface area contributed by atoms with Gasteiger partial charge in [-0.3, -0.25) is 4.79 Å². The number of carbonyl (C=O) groups is 1. The van der Waals surface area contributed by atoms with Crippen LogP contribution in [0.15, 0.2) is 24.3 Å². The number of para-hydroxylation sites is 2. The van der Waals surface area contributed by atoms with E-state index in [1.807, 2.05) is 36.1 Å². The Bertz CT molecular complexity index is 451. The summed E-state index contributed by atoms with van der Waals surface area (Å²) in [4.78, 5) is 14.5. The fraction of sp³-hybridized carbons (Fsp3) is 0.611. The molecule has 1 rings (SSSR count).